The van der Waals surface area contributed by atoms with Gasteiger partial charge >= 0.3 is 0 Å². The summed E-state index contributed by atoms with van der Waals surface area (Å²) in [5.74, 6) is 1.05. The van der Waals surface area contributed by atoms with Gasteiger partial charge in [-0.25, -0.2) is 0 Å². The van der Waals surface area contributed by atoms with Gasteiger partial charge in [0.25, 0.3) is 0 Å². The van der Waals surface area contributed by atoms with E-state index in [9.17, 15) is 4.79 Å². The average molecular weight is 444 g/mol. The first-order valence-corrected chi connectivity index (χ1v) is 11.4. The summed E-state index contributed by atoms with van der Waals surface area (Å²) >= 11 is 1.40. The Bertz CT molecular complexity index is 1210. The molecule has 0 radical (unpaired) electrons. The second-order valence-electron chi connectivity index (χ2n) is 7.67. The maximum absolute atomic E-state index is 12.8. The van der Waals surface area contributed by atoms with Gasteiger partial charge in [-0.1, -0.05) is 48.2 Å². The minimum absolute atomic E-state index is 0.0407. The van der Waals surface area contributed by atoms with E-state index in [1.54, 1.807) is 17.3 Å². The molecule has 32 heavy (non-hydrogen) atoms. The Morgan fingerprint density at radius 1 is 0.969 bits per heavy atom. The van der Waals surface area contributed by atoms with E-state index >= 15 is 0 Å². The van der Waals surface area contributed by atoms with Gasteiger partial charge in [0, 0.05) is 31.5 Å². The molecule has 2 aromatic heterocycles. The first-order chi connectivity index (χ1) is 15.5. The van der Waals surface area contributed by atoms with E-state index in [-0.39, 0.29) is 11.7 Å². The summed E-state index contributed by atoms with van der Waals surface area (Å²) in [6.45, 7) is 4.75. The summed E-state index contributed by atoms with van der Waals surface area (Å²) in [4.78, 5) is 18.6. The van der Waals surface area contributed by atoms with Crippen molar-refractivity contribution in [2.24, 2.45) is 0 Å². The molecule has 162 valence electrons. The summed E-state index contributed by atoms with van der Waals surface area (Å²) in [6.07, 6.45) is 3.48. The lowest BCUT2D eigenvalue weighted by atomic mass is 10.1. The van der Waals surface area contributed by atoms with Gasteiger partial charge in [-0.15, -0.1) is 10.2 Å². The van der Waals surface area contributed by atoms with Gasteiger partial charge in [0.1, 0.15) is 0 Å². The molecular weight excluding hydrogens is 418 g/mol. The smallest absolute Gasteiger partial charge is 0.233 e. The summed E-state index contributed by atoms with van der Waals surface area (Å²) in [7, 11) is 1.83. The lowest BCUT2D eigenvalue weighted by molar-refractivity contribution is -0.127. The van der Waals surface area contributed by atoms with E-state index in [2.05, 4.69) is 47.2 Å². The Balaban J connectivity index is 1.59. The SMILES string of the molecule is Cc1ccc(-n2c(SCC(=O)N(C)Cc3ccccc3)nnc2-c2ccncc2)cc1C. The molecule has 4 aromatic rings. The van der Waals surface area contributed by atoms with Crippen LogP contribution in [-0.2, 0) is 11.3 Å². The molecular formula is C25H25N5OS. The van der Waals surface area contributed by atoms with Gasteiger partial charge in [0.05, 0.1) is 11.4 Å². The van der Waals surface area contributed by atoms with E-state index in [0.29, 0.717) is 11.7 Å². The molecule has 0 unspecified atom stereocenters. The van der Waals surface area contributed by atoms with E-state index in [1.165, 1.54) is 22.9 Å². The van der Waals surface area contributed by atoms with Crippen molar-refractivity contribution < 1.29 is 4.79 Å². The molecule has 1 amide bonds. The highest BCUT2D eigenvalue weighted by Gasteiger charge is 2.19. The quantitative estimate of drug-likeness (QED) is 0.388. The zero-order valence-electron chi connectivity index (χ0n) is 18.4. The zero-order chi connectivity index (χ0) is 22.5. The number of aromatic nitrogens is 4. The van der Waals surface area contributed by atoms with Crippen LogP contribution in [0.4, 0.5) is 0 Å². The maximum Gasteiger partial charge on any atom is 0.233 e. The predicted octanol–water partition coefficient (Wildman–Crippen LogP) is 4.70. The van der Waals surface area contributed by atoms with Crippen molar-refractivity contribution in [1.82, 2.24) is 24.6 Å². The topological polar surface area (TPSA) is 63.9 Å². The van der Waals surface area contributed by atoms with Crippen LogP contribution in [0.5, 0.6) is 0 Å². The third-order valence-electron chi connectivity index (χ3n) is 5.33. The van der Waals surface area contributed by atoms with Gasteiger partial charge in [-0.2, -0.15) is 0 Å². The van der Waals surface area contributed by atoms with Crippen molar-refractivity contribution in [3.8, 4) is 17.1 Å². The number of nitrogens with zero attached hydrogens (tertiary/aromatic N) is 5. The zero-order valence-corrected chi connectivity index (χ0v) is 19.2. The van der Waals surface area contributed by atoms with Crippen LogP contribution in [-0.4, -0.2) is 43.4 Å². The van der Waals surface area contributed by atoms with Crippen molar-refractivity contribution in [3.63, 3.8) is 0 Å². The number of carbonyl (C=O) groups is 1. The number of amides is 1. The molecule has 7 heteroatoms. The van der Waals surface area contributed by atoms with E-state index in [0.717, 1.165) is 22.6 Å². The molecule has 0 aliphatic heterocycles. The Morgan fingerprint density at radius 3 is 2.44 bits per heavy atom. The molecule has 2 aromatic carbocycles. The fourth-order valence-corrected chi connectivity index (χ4v) is 4.22. The summed E-state index contributed by atoms with van der Waals surface area (Å²) in [5, 5.41) is 9.55. The molecule has 0 N–H and O–H groups in total. The fraction of sp³-hybridized carbons (Fsp3) is 0.200. The van der Waals surface area contributed by atoms with Gasteiger partial charge in [-0.05, 0) is 54.8 Å². The minimum atomic E-state index is 0.0407. The minimum Gasteiger partial charge on any atom is -0.341 e. The standard InChI is InChI=1S/C25H25N5OS/c1-18-9-10-22(15-19(18)2)30-24(21-11-13-26-14-12-21)27-28-25(30)32-17-23(31)29(3)16-20-7-5-4-6-8-20/h4-15H,16-17H2,1-3H3. The normalized spacial score (nSPS) is 10.8. The summed E-state index contributed by atoms with van der Waals surface area (Å²) in [5.41, 5.74) is 5.40. The number of thioether (sulfide) groups is 1. The van der Waals surface area contributed by atoms with Gasteiger partial charge < -0.3 is 4.90 Å². The number of carbonyl (C=O) groups excluding carboxylic acids is 1. The molecule has 0 bridgehead atoms. The Morgan fingerprint density at radius 2 is 1.72 bits per heavy atom. The fourth-order valence-electron chi connectivity index (χ4n) is 3.33. The van der Waals surface area contributed by atoms with E-state index in [4.69, 9.17) is 0 Å². The number of hydrogen-bond donors (Lipinski definition) is 0. The Labute approximate surface area is 192 Å². The summed E-state index contributed by atoms with van der Waals surface area (Å²) < 4.78 is 2.01. The largest absolute Gasteiger partial charge is 0.341 e. The third-order valence-corrected chi connectivity index (χ3v) is 6.25. The number of benzene rings is 2. The highest BCUT2D eigenvalue weighted by molar-refractivity contribution is 7.99. The Hall–Kier alpha value is -3.45. The van der Waals surface area contributed by atoms with Crippen molar-refractivity contribution in [2.75, 3.05) is 12.8 Å². The molecule has 0 saturated carbocycles. The highest BCUT2D eigenvalue weighted by Crippen LogP contribution is 2.28. The van der Waals surface area contributed by atoms with Crippen molar-refractivity contribution >= 4 is 17.7 Å². The van der Waals surface area contributed by atoms with E-state index in [1.807, 2.05) is 54.1 Å². The summed E-state index contributed by atoms with van der Waals surface area (Å²) in [6, 6.07) is 20.1. The number of aryl methyl sites for hydroxylation is 2. The molecule has 0 fully saturated rings. The predicted molar refractivity (Wildman–Crippen MR) is 128 cm³/mol. The second kappa shape index (κ2) is 9.78. The third kappa shape index (κ3) is 4.89. The maximum atomic E-state index is 12.8. The van der Waals surface area contributed by atoms with Crippen LogP contribution in [0.15, 0.2) is 78.2 Å². The highest BCUT2D eigenvalue weighted by atomic mass is 32.2. The van der Waals surface area contributed by atoms with Crippen LogP contribution < -0.4 is 0 Å². The van der Waals surface area contributed by atoms with Crippen molar-refractivity contribution in [2.45, 2.75) is 25.5 Å². The van der Waals surface area contributed by atoms with Crippen molar-refractivity contribution in [1.29, 1.82) is 0 Å². The molecule has 0 atom stereocenters. The van der Waals surface area contributed by atoms with Crippen LogP contribution >= 0.6 is 11.8 Å². The molecule has 0 aliphatic carbocycles. The number of pyridine rings is 1. The van der Waals surface area contributed by atoms with Gasteiger partial charge in [-0.3, -0.25) is 14.3 Å². The monoisotopic (exact) mass is 443 g/mol. The first-order valence-electron chi connectivity index (χ1n) is 10.4. The molecule has 2 heterocycles. The number of rotatable bonds is 7. The number of hydrogen-bond acceptors (Lipinski definition) is 5. The second-order valence-corrected chi connectivity index (χ2v) is 8.61. The lowest BCUT2D eigenvalue weighted by Gasteiger charge is -2.17. The average Bonchev–Trinajstić information content (AvgIpc) is 3.24. The van der Waals surface area contributed by atoms with Crippen LogP contribution in [0.2, 0.25) is 0 Å². The molecule has 4 rings (SSSR count). The molecule has 0 aliphatic rings. The van der Waals surface area contributed by atoms with Crippen molar-refractivity contribution in [3.05, 3.63) is 89.7 Å². The molecule has 6 nitrogen and oxygen atoms in total. The van der Waals surface area contributed by atoms with Crippen LogP contribution in [0, 0.1) is 13.8 Å². The molecule has 0 saturated heterocycles. The lowest BCUT2D eigenvalue weighted by Crippen LogP contribution is -2.27. The van der Waals surface area contributed by atoms with Crippen LogP contribution in [0.25, 0.3) is 17.1 Å². The Kier molecular flexibility index (Phi) is 6.66. The van der Waals surface area contributed by atoms with Crippen LogP contribution in [0.1, 0.15) is 16.7 Å². The molecule has 0 spiro atoms. The van der Waals surface area contributed by atoms with E-state index < -0.39 is 0 Å². The van der Waals surface area contributed by atoms with Crippen LogP contribution in [0.3, 0.4) is 0 Å². The van der Waals surface area contributed by atoms with Gasteiger partial charge in [0.2, 0.25) is 5.91 Å². The van der Waals surface area contributed by atoms with Gasteiger partial charge in [0.15, 0.2) is 11.0 Å². The first kappa shape index (κ1) is 21.8.